The molecule has 1 aromatic carbocycles. The van der Waals surface area contributed by atoms with Crippen LogP contribution >= 0.6 is 27.3 Å². The van der Waals surface area contributed by atoms with Crippen molar-refractivity contribution in [2.45, 2.75) is 19.8 Å². The molecule has 0 aliphatic heterocycles. The Labute approximate surface area is 128 Å². The molecular formula is C14H13BrFNO2S. The number of carbonyl (C=O) groups is 1. The van der Waals surface area contributed by atoms with Crippen LogP contribution in [0.2, 0.25) is 0 Å². The summed E-state index contributed by atoms with van der Waals surface area (Å²) in [4.78, 5) is 11.9. The summed E-state index contributed by atoms with van der Waals surface area (Å²) in [5.41, 5.74) is 7.21. The van der Waals surface area contributed by atoms with Gasteiger partial charge in [0.2, 0.25) is 0 Å². The van der Waals surface area contributed by atoms with E-state index >= 15 is 0 Å². The highest BCUT2D eigenvalue weighted by atomic mass is 79.9. The number of anilines is 1. The Morgan fingerprint density at radius 2 is 2.10 bits per heavy atom. The summed E-state index contributed by atoms with van der Waals surface area (Å²) in [7, 11) is 0. The van der Waals surface area contributed by atoms with Crippen LogP contribution in [-0.4, -0.2) is 11.1 Å². The Hall–Kier alpha value is -1.40. The van der Waals surface area contributed by atoms with Crippen LogP contribution in [0.5, 0.6) is 0 Å². The lowest BCUT2D eigenvalue weighted by Crippen LogP contribution is -2.01. The summed E-state index contributed by atoms with van der Waals surface area (Å²) in [6, 6.07) is 4.58. The fraction of sp³-hybridized carbons (Fsp3) is 0.214. The lowest BCUT2D eigenvalue weighted by Gasteiger charge is -2.10. The third-order valence-corrected chi connectivity index (χ3v) is 4.66. The Balaban J connectivity index is 2.76. The maximum atomic E-state index is 14.0. The van der Waals surface area contributed by atoms with Crippen LogP contribution in [0.1, 0.15) is 35.0 Å². The molecule has 1 heterocycles. The van der Waals surface area contributed by atoms with Crippen molar-refractivity contribution in [3.8, 4) is 10.4 Å². The number of carboxylic acids is 1. The van der Waals surface area contributed by atoms with Crippen LogP contribution < -0.4 is 5.73 Å². The van der Waals surface area contributed by atoms with Crippen molar-refractivity contribution in [2.75, 3.05) is 5.73 Å². The fourth-order valence-electron chi connectivity index (χ4n) is 2.06. The predicted octanol–water partition coefficient (Wildman–Crippen LogP) is 4.72. The monoisotopic (exact) mass is 357 g/mol. The van der Waals surface area contributed by atoms with E-state index in [1.165, 1.54) is 6.07 Å². The van der Waals surface area contributed by atoms with E-state index in [9.17, 15) is 14.3 Å². The van der Waals surface area contributed by atoms with Gasteiger partial charge >= 0.3 is 5.97 Å². The van der Waals surface area contributed by atoms with Crippen molar-refractivity contribution < 1.29 is 14.3 Å². The zero-order chi connectivity index (χ0) is 15.0. The van der Waals surface area contributed by atoms with E-state index in [0.29, 0.717) is 16.0 Å². The third-order valence-electron chi connectivity index (χ3n) is 2.93. The molecule has 6 heteroatoms. The maximum Gasteiger partial charge on any atom is 0.348 e. The molecule has 0 fully saturated rings. The second-order valence-electron chi connectivity index (χ2n) is 4.67. The second kappa shape index (κ2) is 5.54. The molecule has 0 aliphatic carbocycles. The minimum Gasteiger partial charge on any atom is -0.477 e. The first-order valence-electron chi connectivity index (χ1n) is 5.93. The smallest absolute Gasteiger partial charge is 0.348 e. The first-order valence-corrected chi connectivity index (χ1v) is 7.54. The molecule has 0 atom stereocenters. The van der Waals surface area contributed by atoms with Gasteiger partial charge in [0, 0.05) is 14.9 Å². The van der Waals surface area contributed by atoms with Crippen molar-refractivity contribution in [1.82, 2.24) is 0 Å². The van der Waals surface area contributed by atoms with Gasteiger partial charge in [-0.2, -0.15) is 0 Å². The molecule has 0 bridgehead atoms. The number of benzene rings is 1. The van der Waals surface area contributed by atoms with Gasteiger partial charge in [0.1, 0.15) is 10.7 Å². The first kappa shape index (κ1) is 15.0. The molecule has 0 radical (unpaired) electrons. The number of hydrogen-bond donors (Lipinski definition) is 2. The number of carboxylic acid groups (broad SMARTS) is 1. The van der Waals surface area contributed by atoms with Crippen LogP contribution in [0.25, 0.3) is 10.4 Å². The van der Waals surface area contributed by atoms with Gasteiger partial charge in [0.05, 0.1) is 5.69 Å². The molecule has 0 unspecified atom stereocenters. The lowest BCUT2D eigenvalue weighted by molar-refractivity contribution is 0.0703. The molecule has 20 heavy (non-hydrogen) atoms. The lowest BCUT2D eigenvalue weighted by atomic mass is 9.98. The van der Waals surface area contributed by atoms with Gasteiger partial charge in [-0.05, 0) is 29.7 Å². The largest absolute Gasteiger partial charge is 0.477 e. The molecule has 106 valence electrons. The average molecular weight is 358 g/mol. The summed E-state index contributed by atoms with van der Waals surface area (Å²) in [6.07, 6.45) is 0. The van der Waals surface area contributed by atoms with E-state index in [-0.39, 0.29) is 16.5 Å². The molecule has 0 amide bonds. The van der Waals surface area contributed by atoms with E-state index in [1.807, 2.05) is 13.8 Å². The van der Waals surface area contributed by atoms with Crippen molar-refractivity contribution in [3.63, 3.8) is 0 Å². The van der Waals surface area contributed by atoms with E-state index in [2.05, 4.69) is 15.9 Å². The quantitative estimate of drug-likeness (QED) is 0.835. The first-order chi connectivity index (χ1) is 9.32. The standard InChI is InChI=1S/C14H13BrFNO2S/c1-6(2)10-11(17)13(14(18)19)20-12(10)8-5-7(15)3-4-9(8)16/h3-6H,17H2,1-2H3,(H,18,19). The van der Waals surface area contributed by atoms with Crippen LogP contribution in [-0.2, 0) is 0 Å². The number of thiophene rings is 1. The highest BCUT2D eigenvalue weighted by molar-refractivity contribution is 9.10. The summed E-state index contributed by atoms with van der Waals surface area (Å²) in [6.45, 7) is 3.81. The minimum atomic E-state index is -1.09. The number of nitrogen functional groups attached to an aromatic ring is 1. The van der Waals surface area contributed by atoms with Gasteiger partial charge in [0.25, 0.3) is 0 Å². The van der Waals surface area contributed by atoms with Crippen LogP contribution in [0.4, 0.5) is 10.1 Å². The molecule has 2 rings (SSSR count). The van der Waals surface area contributed by atoms with Crippen molar-refractivity contribution >= 4 is 38.9 Å². The van der Waals surface area contributed by atoms with Crippen molar-refractivity contribution in [2.24, 2.45) is 0 Å². The molecule has 2 aromatic rings. The summed E-state index contributed by atoms with van der Waals surface area (Å²) in [5.74, 6) is -1.47. The van der Waals surface area contributed by atoms with Gasteiger partial charge in [0.15, 0.2) is 0 Å². The molecule has 0 saturated heterocycles. The number of hydrogen-bond acceptors (Lipinski definition) is 3. The average Bonchev–Trinajstić information content (AvgIpc) is 2.70. The maximum absolute atomic E-state index is 14.0. The van der Waals surface area contributed by atoms with Gasteiger partial charge < -0.3 is 10.8 Å². The van der Waals surface area contributed by atoms with Gasteiger partial charge in [-0.1, -0.05) is 29.8 Å². The topological polar surface area (TPSA) is 63.3 Å². The molecular weight excluding hydrogens is 345 g/mol. The number of rotatable bonds is 3. The molecule has 0 saturated carbocycles. The zero-order valence-corrected chi connectivity index (χ0v) is 13.3. The number of nitrogens with two attached hydrogens (primary N) is 1. The molecule has 0 aliphatic rings. The van der Waals surface area contributed by atoms with E-state index in [4.69, 9.17) is 5.73 Å². The van der Waals surface area contributed by atoms with E-state index < -0.39 is 11.8 Å². The second-order valence-corrected chi connectivity index (χ2v) is 6.61. The molecule has 3 N–H and O–H groups in total. The van der Waals surface area contributed by atoms with Crippen LogP contribution in [0.15, 0.2) is 22.7 Å². The van der Waals surface area contributed by atoms with Gasteiger partial charge in [-0.15, -0.1) is 11.3 Å². The van der Waals surface area contributed by atoms with Crippen molar-refractivity contribution in [3.05, 3.63) is 38.9 Å². The Morgan fingerprint density at radius 3 is 2.65 bits per heavy atom. The SMILES string of the molecule is CC(C)c1c(-c2cc(Br)ccc2F)sc(C(=O)O)c1N. The van der Waals surface area contributed by atoms with Crippen molar-refractivity contribution in [1.29, 1.82) is 0 Å². The summed E-state index contributed by atoms with van der Waals surface area (Å²) >= 11 is 4.31. The van der Waals surface area contributed by atoms with Gasteiger partial charge in [-0.25, -0.2) is 9.18 Å². The normalized spacial score (nSPS) is 11.1. The summed E-state index contributed by atoms with van der Waals surface area (Å²) in [5, 5.41) is 9.18. The van der Waals surface area contributed by atoms with E-state index in [1.54, 1.807) is 12.1 Å². The zero-order valence-electron chi connectivity index (χ0n) is 10.9. The van der Waals surface area contributed by atoms with Crippen LogP contribution in [0.3, 0.4) is 0 Å². The van der Waals surface area contributed by atoms with Gasteiger partial charge in [-0.3, -0.25) is 0 Å². The van der Waals surface area contributed by atoms with E-state index in [0.717, 1.165) is 15.8 Å². The minimum absolute atomic E-state index is 0.00716. The Kier molecular flexibility index (Phi) is 4.15. The molecule has 0 spiro atoms. The summed E-state index contributed by atoms with van der Waals surface area (Å²) < 4.78 is 14.8. The number of aromatic carboxylic acids is 1. The highest BCUT2D eigenvalue weighted by Crippen LogP contribution is 2.43. The highest BCUT2D eigenvalue weighted by Gasteiger charge is 2.24. The number of halogens is 2. The Bertz CT molecular complexity index is 682. The Morgan fingerprint density at radius 1 is 1.45 bits per heavy atom. The fourth-order valence-corrected chi connectivity index (χ4v) is 3.65. The third kappa shape index (κ3) is 2.58. The van der Waals surface area contributed by atoms with Crippen LogP contribution in [0, 0.1) is 5.82 Å². The molecule has 1 aromatic heterocycles. The predicted molar refractivity (Wildman–Crippen MR) is 82.9 cm³/mol. The molecule has 3 nitrogen and oxygen atoms in total.